The van der Waals surface area contributed by atoms with Crippen molar-refractivity contribution in [3.63, 3.8) is 0 Å². The van der Waals surface area contributed by atoms with Crippen molar-refractivity contribution < 1.29 is 9.59 Å². The topological polar surface area (TPSA) is 43.9 Å². The Hall–Kier alpha value is -1.52. The molecule has 0 fully saturated rings. The maximum atomic E-state index is 11.7. The molecule has 0 saturated heterocycles. The molecule has 0 aromatic heterocycles. The van der Waals surface area contributed by atoms with Gasteiger partial charge in [0.25, 0.3) is 0 Å². The lowest BCUT2D eigenvalue weighted by Gasteiger charge is -2.26. The van der Waals surface area contributed by atoms with Gasteiger partial charge in [0, 0.05) is 33.4 Å². The Labute approximate surface area is 90.9 Å². The first-order chi connectivity index (χ1) is 6.99. The summed E-state index contributed by atoms with van der Waals surface area (Å²) in [5.41, 5.74) is 0. The SMILES string of the molecule is C=CN(C(=O)N(C)CC)C(=O)N(C)CC. The van der Waals surface area contributed by atoms with Crippen LogP contribution >= 0.6 is 0 Å². The lowest BCUT2D eigenvalue weighted by Crippen LogP contribution is -2.46. The molecule has 0 saturated carbocycles. The van der Waals surface area contributed by atoms with Crippen LogP contribution < -0.4 is 0 Å². The lowest BCUT2D eigenvalue weighted by atomic mass is 10.5. The van der Waals surface area contributed by atoms with Gasteiger partial charge in [-0.3, -0.25) is 0 Å². The predicted molar refractivity (Wildman–Crippen MR) is 59.4 cm³/mol. The van der Waals surface area contributed by atoms with E-state index in [4.69, 9.17) is 0 Å². The number of rotatable bonds is 3. The first kappa shape index (κ1) is 13.5. The number of imide groups is 1. The van der Waals surface area contributed by atoms with E-state index in [0.29, 0.717) is 13.1 Å². The minimum atomic E-state index is -0.363. The van der Waals surface area contributed by atoms with Crippen molar-refractivity contribution in [3.8, 4) is 0 Å². The summed E-state index contributed by atoms with van der Waals surface area (Å²) in [4.78, 5) is 27.3. The van der Waals surface area contributed by atoms with Crippen LogP contribution in [0.2, 0.25) is 0 Å². The van der Waals surface area contributed by atoms with Crippen molar-refractivity contribution in [2.45, 2.75) is 13.8 Å². The largest absolute Gasteiger partial charge is 0.332 e. The maximum Gasteiger partial charge on any atom is 0.332 e. The minimum absolute atomic E-state index is 0.363. The van der Waals surface area contributed by atoms with Crippen LogP contribution in [0.15, 0.2) is 12.8 Å². The van der Waals surface area contributed by atoms with Gasteiger partial charge >= 0.3 is 12.1 Å². The number of nitrogens with zero attached hydrogens (tertiary/aromatic N) is 3. The van der Waals surface area contributed by atoms with Gasteiger partial charge in [-0.2, -0.15) is 0 Å². The van der Waals surface area contributed by atoms with Gasteiger partial charge in [0.15, 0.2) is 0 Å². The zero-order chi connectivity index (χ0) is 12.0. The van der Waals surface area contributed by atoms with Crippen LogP contribution in [0.4, 0.5) is 9.59 Å². The summed E-state index contributed by atoms with van der Waals surface area (Å²) >= 11 is 0. The lowest BCUT2D eigenvalue weighted by molar-refractivity contribution is 0.161. The average molecular weight is 213 g/mol. The Morgan fingerprint density at radius 2 is 1.40 bits per heavy atom. The average Bonchev–Trinajstić information content (AvgIpc) is 2.27. The van der Waals surface area contributed by atoms with Crippen LogP contribution in [-0.4, -0.2) is 53.9 Å². The molecule has 4 amide bonds. The molecule has 0 aromatic carbocycles. The summed E-state index contributed by atoms with van der Waals surface area (Å²) in [6.45, 7) is 8.24. The summed E-state index contributed by atoms with van der Waals surface area (Å²) in [5.74, 6) is 0. The molecule has 5 nitrogen and oxygen atoms in total. The Bertz CT molecular complexity index is 231. The van der Waals surface area contributed by atoms with E-state index >= 15 is 0 Å². The van der Waals surface area contributed by atoms with Crippen LogP contribution in [-0.2, 0) is 0 Å². The van der Waals surface area contributed by atoms with Gasteiger partial charge in [0.2, 0.25) is 0 Å². The zero-order valence-electron chi connectivity index (χ0n) is 9.86. The summed E-state index contributed by atoms with van der Waals surface area (Å²) < 4.78 is 0. The molecule has 86 valence electrons. The molecule has 0 atom stereocenters. The Kier molecular flexibility index (Phi) is 5.44. The number of carbonyl (C=O) groups excluding carboxylic acids is 2. The monoisotopic (exact) mass is 213 g/mol. The Balaban J connectivity index is 4.69. The second-order valence-corrected chi connectivity index (χ2v) is 3.15. The second-order valence-electron chi connectivity index (χ2n) is 3.15. The van der Waals surface area contributed by atoms with Crippen molar-refractivity contribution >= 4 is 12.1 Å². The number of urea groups is 2. The maximum absolute atomic E-state index is 11.7. The van der Waals surface area contributed by atoms with E-state index in [2.05, 4.69) is 6.58 Å². The third-order valence-electron chi connectivity index (χ3n) is 2.20. The predicted octanol–water partition coefficient (Wildman–Crippen LogP) is 1.58. The van der Waals surface area contributed by atoms with Crippen molar-refractivity contribution in [1.29, 1.82) is 0 Å². The van der Waals surface area contributed by atoms with Gasteiger partial charge in [-0.25, -0.2) is 14.5 Å². The number of amides is 4. The van der Waals surface area contributed by atoms with Crippen LogP contribution in [0.1, 0.15) is 13.8 Å². The van der Waals surface area contributed by atoms with Crippen molar-refractivity contribution in [3.05, 3.63) is 12.8 Å². The molecule has 5 heteroatoms. The fraction of sp³-hybridized carbons (Fsp3) is 0.600. The molecule has 0 heterocycles. The molecule has 0 aromatic rings. The zero-order valence-corrected chi connectivity index (χ0v) is 9.86. The van der Waals surface area contributed by atoms with Gasteiger partial charge in [0.05, 0.1) is 0 Å². The van der Waals surface area contributed by atoms with E-state index in [1.165, 1.54) is 16.0 Å². The number of carbonyl (C=O) groups is 2. The van der Waals surface area contributed by atoms with Gasteiger partial charge in [-0.1, -0.05) is 6.58 Å². The quantitative estimate of drug-likeness (QED) is 0.714. The van der Waals surface area contributed by atoms with Crippen molar-refractivity contribution in [2.75, 3.05) is 27.2 Å². The van der Waals surface area contributed by atoms with Crippen molar-refractivity contribution in [2.24, 2.45) is 0 Å². The smallest absolute Gasteiger partial charge is 0.327 e. The minimum Gasteiger partial charge on any atom is -0.327 e. The highest BCUT2D eigenvalue weighted by atomic mass is 16.2. The van der Waals surface area contributed by atoms with Crippen LogP contribution in [0, 0.1) is 0 Å². The molecule has 0 aliphatic carbocycles. The summed E-state index contributed by atoms with van der Waals surface area (Å²) in [5, 5.41) is 0. The first-order valence-electron chi connectivity index (χ1n) is 4.91. The fourth-order valence-electron chi connectivity index (χ4n) is 0.876. The fourth-order valence-corrected chi connectivity index (χ4v) is 0.876. The highest BCUT2D eigenvalue weighted by molar-refractivity contribution is 5.94. The standard InChI is InChI=1S/C10H19N3O2/c1-6-11(4)9(14)13(8-3)10(15)12(5)7-2/h8H,3,6-7H2,1-2,4-5H3. The highest BCUT2D eigenvalue weighted by Gasteiger charge is 2.23. The van der Waals surface area contributed by atoms with E-state index < -0.39 is 0 Å². The molecule has 0 N–H and O–H groups in total. The number of hydrogen-bond donors (Lipinski definition) is 0. The van der Waals surface area contributed by atoms with Crippen LogP contribution in [0.3, 0.4) is 0 Å². The summed E-state index contributed by atoms with van der Waals surface area (Å²) in [7, 11) is 3.27. The van der Waals surface area contributed by atoms with Gasteiger partial charge in [-0.05, 0) is 13.8 Å². The van der Waals surface area contributed by atoms with E-state index in [0.717, 1.165) is 4.90 Å². The molecule has 0 aliphatic rings. The number of hydrogen-bond acceptors (Lipinski definition) is 2. The van der Waals surface area contributed by atoms with Crippen LogP contribution in [0.25, 0.3) is 0 Å². The summed E-state index contributed by atoms with van der Waals surface area (Å²) in [6, 6.07) is -0.726. The van der Waals surface area contributed by atoms with E-state index in [-0.39, 0.29) is 12.1 Å². The molecule has 0 spiro atoms. The van der Waals surface area contributed by atoms with Gasteiger partial charge in [-0.15, -0.1) is 0 Å². The second kappa shape index (κ2) is 6.06. The van der Waals surface area contributed by atoms with Gasteiger partial charge < -0.3 is 9.80 Å². The molecule has 15 heavy (non-hydrogen) atoms. The van der Waals surface area contributed by atoms with E-state index in [9.17, 15) is 9.59 Å². The van der Waals surface area contributed by atoms with Crippen LogP contribution in [0.5, 0.6) is 0 Å². The highest BCUT2D eigenvalue weighted by Crippen LogP contribution is 2.02. The Morgan fingerprint density at radius 1 is 1.07 bits per heavy atom. The van der Waals surface area contributed by atoms with E-state index in [1.54, 1.807) is 14.1 Å². The third-order valence-corrected chi connectivity index (χ3v) is 2.20. The molecular weight excluding hydrogens is 194 g/mol. The molecular formula is C10H19N3O2. The summed E-state index contributed by atoms with van der Waals surface area (Å²) in [6.07, 6.45) is 1.24. The Morgan fingerprint density at radius 3 is 1.60 bits per heavy atom. The molecule has 0 unspecified atom stereocenters. The molecule has 0 aliphatic heterocycles. The van der Waals surface area contributed by atoms with Crippen molar-refractivity contribution in [1.82, 2.24) is 14.7 Å². The molecule has 0 radical (unpaired) electrons. The van der Waals surface area contributed by atoms with Gasteiger partial charge in [0.1, 0.15) is 0 Å². The molecule has 0 rings (SSSR count). The first-order valence-corrected chi connectivity index (χ1v) is 4.91. The normalized spacial score (nSPS) is 9.33. The van der Waals surface area contributed by atoms with E-state index in [1.807, 2.05) is 13.8 Å². The third kappa shape index (κ3) is 3.27. The molecule has 0 bridgehead atoms.